The molecule has 6 rings (SSSR count). The van der Waals surface area contributed by atoms with Crippen LogP contribution in [0.5, 0.6) is 5.75 Å². The maximum Gasteiger partial charge on any atom is 0.264 e. The number of fused-ring (bicyclic) bond motifs is 4. The standard InChI is InChI=1S/C32H39ClN2O6S/c33-25-9-11-27-22(17-25)5-4-13-32(27)20-35-19-24-7-10-26(24)29(40-15-14-36)6-2-1-3-16-42(38,39)34-31(37)23-8-12-30(41-21-32)28(35)18-23/h2,6,8-9,11-12,17-18,24,26,29,36H,1,3-5,7,10,13-16,19-21H2,(H,34,37)/b6-2+/t24-,26+,29+,32-/m0/s1. The zero-order valence-electron chi connectivity index (χ0n) is 23.8. The van der Waals surface area contributed by atoms with E-state index >= 15 is 0 Å². The summed E-state index contributed by atoms with van der Waals surface area (Å²) in [7, 11) is -3.80. The lowest BCUT2D eigenvalue weighted by molar-refractivity contribution is -0.0257. The van der Waals surface area contributed by atoms with Crippen LogP contribution in [-0.4, -0.2) is 64.2 Å². The van der Waals surface area contributed by atoms with Crippen molar-refractivity contribution >= 4 is 33.2 Å². The van der Waals surface area contributed by atoms with Gasteiger partial charge in [-0.2, -0.15) is 0 Å². The average molecular weight is 615 g/mol. The molecule has 1 amide bonds. The van der Waals surface area contributed by atoms with E-state index in [4.69, 9.17) is 21.1 Å². The molecule has 1 saturated carbocycles. The van der Waals surface area contributed by atoms with Crippen molar-refractivity contribution in [2.45, 2.75) is 56.5 Å². The van der Waals surface area contributed by atoms with Gasteiger partial charge >= 0.3 is 0 Å². The minimum atomic E-state index is -3.80. The summed E-state index contributed by atoms with van der Waals surface area (Å²) in [6.07, 6.45) is 9.85. The molecule has 2 aliphatic heterocycles. The van der Waals surface area contributed by atoms with E-state index in [0.29, 0.717) is 43.2 Å². The van der Waals surface area contributed by atoms with Crippen molar-refractivity contribution in [1.82, 2.24) is 4.72 Å². The summed E-state index contributed by atoms with van der Waals surface area (Å²) in [6, 6.07) is 11.4. The highest BCUT2D eigenvalue weighted by atomic mass is 35.5. The van der Waals surface area contributed by atoms with Crippen LogP contribution < -0.4 is 14.4 Å². The highest BCUT2D eigenvalue weighted by molar-refractivity contribution is 7.90. The number of ether oxygens (including phenoxy) is 2. The Morgan fingerprint density at radius 1 is 1.17 bits per heavy atom. The smallest absolute Gasteiger partial charge is 0.264 e. The quantitative estimate of drug-likeness (QED) is 0.486. The molecule has 1 fully saturated rings. The molecule has 2 heterocycles. The predicted octanol–water partition coefficient (Wildman–Crippen LogP) is 4.63. The summed E-state index contributed by atoms with van der Waals surface area (Å²) in [5.41, 5.74) is 3.36. The third-order valence-electron chi connectivity index (χ3n) is 9.41. The van der Waals surface area contributed by atoms with E-state index in [-0.39, 0.29) is 36.4 Å². The van der Waals surface area contributed by atoms with Crippen molar-refractivity contribution in [1.29, 1.82) is 0 Å². The fourth-order valence-electron chi connectivity index (χ4n) is 7.18. The molecule has 2 N–H and O–H groups in total. The lowest BCUT2D eigenvalue weighted by atomic mass is 9.68. The molecule has 4 atom stereocenters. The monoisotopic (exact) mass is 614 g/mol. The summed E-state index contributed by atoms with van der Waals surface area (Å²) < 4.78 is 40.3. The van der Waals surface area contributed by atoms with Crippen LogP contribution in [0.2, 0.25) is 5.02 Å². The summed E-state index contributed by atoms with van der Waals surface area (Å²) in [5.74, 6) is 0.536. The number of amides is 1. The van der Waals surface area contributed by atoms with Gasteiger partial charge in [-0.25, -0.2) is 13.1 Å². The van der Waals surface area contributed by atoms with E-state index in [1.54, 1.807) is 18.2 Å². The number of nitrogens with one attached hydrogen (secondary N) is 1. The lowest BCUT2D eigenvalue weighted by Gasteiger charge is -2.46. The Balaban J connectivity index is 1.41. The number of hydrogen-bond acceptors (Lipinski definition) is 7. The molecule has 2 bridgehead atoms. The minimum absolute atomic E-state index is 0.0504. The third-order valence-corrected chi connectivity index (χ3v) is 11.0. The SMILES string of the molecule is O=C1NS(=O)(=O)CCC/C=C/[C@@H](OCCO)[C@@H]2CC[C@H]2CN2C[C@@]3(CCCc4cc(Cl)ccc43)COc3ccc1cc32. The molecule has 4 aliphatic rings. The first kappa shape index (κ1) is 29.5. The molecule has 0 aromatic heterocycles. The number of sulfonamides is 1. The molecule has 42 heavy (non-hydrogen) atoms. The molecule has 2 aliphatic carbocycles. The largest absolute Gasteiger partial charge is 0.490 e. The number of nitrogens with zero attached hydrogens (tertiary/aromatic N) is 1. The Hall–Kier alpha value is -2.59. The van der Waals surface area contributed by atoms with E-state index in [1.165, 1.54) is 11.1 Å². The molecule has 2 aromatic carbocycles. The summed E-state index contributed by atoms with van der Waals surface area (Å²) in [6.45, 7) is 2.17. The van der Waals surface area contributed by atoms with Gasteiger partial charge in [0.25, 0.3) is 5.91 Å². The topological polar surface area (TPSA) is 105 Å². The van der Waals surface area contributed by atoms with Crippen LogP contribution in [0.15, 0.2) is 48.6 Å². The van der Waals surface area contributed by atoms with Crippen LogP contribution >= 0.6 is 11.6 Å². The highest BCUT2D eigenvalue weighted by Gasteiger charge is 2.44. The number of allylic oxidation sites excluding steroid dienone is 1. The zero-order valence-corrected chi connectivity index (χ0v) is 25.3. The fourth-order valence-corrected chi connectivity index (χ4v) is 8.42. The molecule has 0 unspecified atom stereocenters. The van der Waals surface area contributed by atoms with E-state index in [0.717, 1.165) is 49.4 Å². The van der Waals surface area contributed by atoms with Gasteiger partial charge in [-0.3, -0.25) is 4.79 Å². The fraction of sp³-hybridized carbons (Fsp3) is 0.531. The number of carbonyl (C=O) groups is 1. The average Bonchev–Trinajstić information content (AvgIpc) is 3.09. The van der Waals surface area contributed by atoms with E-state index in [9.17, 15) is 18.3 Å². The number of hydrogen-bond donors (Lipinski definition) is 2. The van der Waals surface area contributed by atoms with Crippen LogP contribution in [0.1, 0.15) is 60.0 Å². The first-order valence-electron chi connectivity index (χ1n) is 15.0. The van der Waals surface area contributed by atoms with Gasteiger partial charge in [-0.05, 0) is 98.2 Å². The van der Waals surface area contributed by atoms with Crippen molar-refractivity contribution in [3.05, 3.63) is 70.3 Å². The number of halogens is 1. The van der Waals surface area contributed by atoms with Crippen LogP contribution in [-0.2, 0) is 26.6 Å². The van der Waals surface area contributed by atoms with Crippen molar-refractivity contribution in [2.75, 3.05) is 43.6 Å². The maximum atomic E-state index is 13.1. The maximum absolute atomic E-state index is 13.1. The number of aliphatic hydroxyl groups is 1. The third kappa shape index (κ3) is 6.07. The normalized spacial score (nSPS) is 29.7. The Labute approximate surface area is 253 Å². The second kappa shape index (κ2) is 12.2. The Morgan fingerprint density at radius 2 is 2.05 bits per heavy atom. The zero-order chi connectivity index (χ0) is 29.3. The second-order valence-corrected chi connectivity index (χ2v) is 14.4. The van der Waals surface area contributed by atoms with Crippen LogP contribution in [0, 0.1) is 11.8 Å². The van der Waals surface area contributed by atoms with E-state index < -0.39 is 15.9 Å². The van der Waals surface area contributed by atoms with Gasteiger partial charge in [0.2, 0.25) is 10.0 Å². The van der Waals surface area contributed by atoms with Crippen molar-refractivity contribution < 1.29 is 27.8 Å². The second-order valence-electron chi connectivity index (χ2n) is 12.2. The highest BCUT2D eigenvalue weighted by Crippen LogP contribution is 2.47. The first-order chi connectivity index (χ1) is 20.3. The van der Waals surface area contributed by atoms with Gasteiger partial charge in [0, 0.05) is 29.1 Å². The molecular formula is C32H39ClN2O6S. The number of benzene rings is 2. The molecule has 226 valence electrons. The Morgan fingerprint density at radius 3 is 2.86 bits per heavy atom. The predicted molar refractivity (Wildman–Crippen MR) is 163 cm³/mol. The van der Waals surface area contributed by atoms with Crippen LogP contribution in [0.25, 0.3) is 0 Å². The number of aliphatic hydroxyl groups excluding tert-OH is 1. The first-order valence-corrected chi connectivity index (χ1v) is 17.0. The summed E-state index contributed by atoms with van der Waals surface area (Å²) in [4.78, 5) is 15.5. The number of aryl methyl sites for hydroxylation is 1. The minimum Gasteiger partial charge on any atom is -0.490 e. The van der Waals surface area contributed by atoms with Crippen LogP contribution in [0.3, 0.4) is 0 Å². The molecular weight excluding hydrogens is 576 g/mol. The van der Waals surface area contributed by atoms with Crippen LogP contribution in [0.4, 0.5) is 5.69 Å². The van der Waals surface area contributed by atoms with Gasteiger partial charge in [-0.1, -0.05) is 29.8 Å². The summed E-state index contributed by atoms with van der Waals surface area (Å²) >= 11 is 6.39. The van der Waals surface area contributed by atoms with Crippen molar-refractivity contribution in [3.63, 3.8) is 0 Å². The number of rotatable bonds is 3. The molecule has 0 saturated heterocycles. The van der Waals surface area contributed by atoms with Gasteiger partial charge in [0.1, 0.15) is 5.75 Å². The van der Waals surface area contributed by atoms with Crippen molar-refractivity contribution in [3.8, 4) is 5.75 Å². The van der Waals surface area contributed by atoms with Gasteiger partial charge < -0.3 is 19.5 Å². The Kier molecular flexibility index (Phi) is 8.56. The van der Waals surface area contributed by atoms with Gasteiger partial charge in [-0.15, -0.1) is 0 Å². The van der Waals surface area contributed by atoms with E-state index in [1.807, 2.05) is 18.2 Å². The molecule has 0 radical (unpaired) electrons. The molecule has 8 nitrogen and oxygen atoms in total. The number of carbonyl (C=O) groups excluding carboxylic acids is 1. The summed E-state index contributed by atoms with van der Waals surface area (Å²) in [5, 5.41) is 10.2. The number of anilines is 1. The van der Waals surface area contributed by atoms with Crippen molar-refractivity contribution in [2.24, 2.45) is 11.8 Å². The van der Waals surface area contributed by atoms with Gasteiger partial charge in [0.15, 0.2) is 0 Å². The van der Waals surface area contributed by atoms with E-state index in [2.05, 4.69) is 21.8 Å². The Bertz CT molecular complexity index is 1460. The lowest BCUT2D eigenvalue weighted by Crippen LogP contribution is -2.49. The van der Waals surface area contributed by atoms with Gasteiger partial charge in [0.05, 0.1) is 37.4 Å². The molecule has 2 aromatic rings. The molecule has 1 spiro atoms. The molecule has 10 heteroatoms.